The fourth-order valence-corrected chi connectivity index (χ4v) is 5.39. The van der Waals surface area contributed by atoms with Crippen LogP contribution in [0.25, 0.3) is 0 Å². The summed E-state index contributed by atoms with van der Waals surface area (Å²) < 4.78 is 37.3. The van der Waals surface area contributed by atoms with Gasteiger partial charge >= 0.3 is 5.97 Å². The summed E-state index contributed by atoms with van der Waals surface area (Å²) >= 11 is 0. The molecule has 0 spiro atoms. The summed E-state index contributed by atoms with van der Waals surface area (Å²) in [5, 5.41) is 18.0. The van der Waals surface area contributed by atoms with Gasteiger partial charge in [-0.2, -0.15) is 0 Å². The fraction of sp³-hybridized carbons (Fsp3) is 0.500. The molecular weight excluding hydrogens is 533 g/mol. The van der Waals surface area contributed by atoms with Crippen LogP contribution in [0.5, 0.6) is 17.2 Å². The van der Waals surface area contributed by atoms with Gasteiger partial charge in [-0.15, -0.1) is 0 Å². The Kier molecular flexibility index (Phi) is 8.77. The van der Waals surface area contributed by atoms with E-state index >= 15 is 4.39 Å². The zero-order chi connectivity index (χ0) is 30.1. The van der Waals surface area contributed by atoms with Crippen molar-refractivity contribution in [3.05, 3.63) is 46.3 Å². The Morgan fingerprint density at radius 1 is 1.15 bits per heavy atom. The summed E-state index contributed by atoms with van der Waals surface area (Å²) in [6.45, 7) is 9.15. The molecule has 1 fully saturated rings. The number of Topliss-reactive ketones (excluding diaryl/α,β-unsaturated/α-hetero) is 1. The number of halogens is 1. The predicted molar refractivity (Wildman–Crippen MR) is 152 cm³/mol. The number of fused-ring (bicyclic) bond motifs is 1. The number of carboxylic acids is 1. The van der Waals surface area contributed by atoms with E-state index in [1.54, 1.807) is 18.2 Å². The number of carbonyl (C=O) groups excluding carboxylic acids is 1. The van der Waals surface area contributed by atoms with Gasteiger partial charge in [-0.1, -0.05) is 20.8 Å². The molecule has 222 valence electrons. The molecule has 0 aliphatic carbocycles. The Morgan fingerprint density at radius 3 is 2.49 bits per heavy atom. The number of nitrogens with one attached hydrogen (secondary N) is 1. The topological polar surface area (TPSA) is 122 Å². The Bertz CT molecular complexity index is 1350. The summed E-state index contributed by atoms with van der Waals surface area (Å²) in [5.41, 5.74) is 1.86. The lowest BCUT2D eigenvalue weighted by atomic mass is 9.84. The predicted octanol–water partition coefficient (Wildman–Crippen LogP) is 4.24. The number of methoxy groups -OCH3 is 2. The fourth-order valence-electron chi connectivity index (χ4n) is 5.39. The van der Waals surface area contributed by atoms with E-state index in [1.807, 2.05) is 27.7 Å². The highest BCUT2D eigenvalue weighted by atomic mass is 19.1. The van der Waals surface area contributed by atoms with Gasteiger partial charge in [0.25, 0.3) is 0 Å². The van der Waals surface area contributed by atoms with Gasteiger partial charge in [-0.25, -0.2) is 9.18 Å². The molecule has 11 heteroatoms. The van der Waals surface area contributed by atoms with Crippen LogP contribution in [-0.4, -0.2) is 80.8 Å². The minimum absolute atomic E-state index is 0.0113. The second kappa shape index (κ2) is 11.9. The number of nitrogens with zero attached hydrogens (tertiary/aromatic N) is 2. The van der Waals surface area contributed by atoms with Crippen molar-refractivity contribution >= 4 is 23.3 Å². The van der Waals surface area contributed by atoms with E-state index in [9.17, 15) is 14.7 Å². The first-order chi connectivity index (χ1) is 19.4. The van der Waals surface area contributed by atoms with Gasteiger partial charge in [0, 0.05) is 37.4 Å². The normalized spacial score (nSPS) is 16.7. The molecule has 2 aliphatic heterocycles. The van der Waals surface area contributed by atoms with E-state index in [1.165, 1.54) is 19.1 Å². The molecule has 1 saturated heterocycles. The van der Waals surface area contributed by atoms with Crippen LogP contribution in [0.15, 0.2) is 18.2 Å². The number of hydrogen-bond acceptors (Lipinski definition) is 8. The van der Waals surface area contributed by atoms with E-state index in [0.29, 0.717) is 47.8 Å². The van der Waals surface area contributed by atoms with Crippen molar-refractivity contribution in [3.63, 3.8) is 0 Å². The van der Waals surface area contributed by atoms with Gasteiger partial charge in [0.15, 0.2) is 29.7 Å². The quantitative estimate of drug-likeness (QED) is 0.382. The second-order valence-corrected chi connectivity index (χ2v) is 11.2. The van der Waals surface area contributed by atoms with Crippen molar-refractivity contribution in [1.82, 2.24) is 4.90 Å². The Morgan fingerprint density at radius 2 is 1.88 bits per heavy atom. The van der Waals surface area contributed by atoms with Crippen molar-refractivity contribution in [2.45, 2.75) is 52.2 Å². The van der Waals surface area contributed by atoms with Gasteiger partial charge in [0.1, 0.15) is 11.6 Å². The molecule has 2 aromatic carbocycles. The van der Waals surface area contributed by atoms with Crippen LogP contribution in [-0.2, 0) is 21.5 Å². The van der Waals surface area contributed by atoms with Crippen molar-refractivity contribution in [2.24, 2.45) is 0 Å². The SMILES string of the molecule is CCOC1CCN(c2cc(C(=O)CN3Cc4cc(OC)c(OC)c(F)c4C3=N)cc(C(C)(C)C)c2OCC(=O)O)C1. The molecule has 10 nitrogen and oxygen atoms in total. The van der Waals surface area contributed by atoms with Gasteiger partial charge in [0.2, 0.25) is 0 Å². The highest BCUT2D eigenvalue weighted by Gasteiger charge is 2.34. The maximum absolute atomic E-state index is 15.2. The van der Waals surface area contributed by atoms with Crippen molar-refractivity contribution in [3.8, 4) is 17.2 Å². The third kappa shape index (κ3) is 6.09. The number of aliphatic carboxylic acids is 1. The lowest BCUT2D eigenvalue weighted by molar-refractivity contribution is -0.139. The molecule has 1 atom stereocenters. The number of amidine groups is 1. The van der Waals surface area contributed by atoms with Crippen molar-refractivity contribution in [2.75, 3.05) is 52.0 Å². The summed E-state index contributed by atoms with van der Waals surface area (Å²) in [4.78, 5) is 28.8. The van der Waals surface area contributed by atoms with Crippen molar-refractivity contribution < 1.29 is 38.0 Å². The van der Waals surface area contributed by atoms with E-state index in [2.05, 4.69) is 4.90 Å². The van der Waals surface area contributed by atoms with Crippen LogP contribution < -0.4 is 19.1 Å². The number of hydrogen-bond donors (Lipinski definition) is 2. The lowest BCUT2D eigenvalue weighted by Crippen LogP contribution is -2.31. The number of ether oxygens (including phenoxy) is 4. The van der Waals surface area contributed by atoms with E-state index in [4.69, 9.17) is 24.4 Å². The Labute approximate surface area is 239 Å². The maximum atomic E-state index is 15.2. The van der Waals surface area contributed by atoms with Gasteiger partial charge in [-0.05, 0) is 42.5 Å². The maximum Gasteiger partial charge on any atom is 0.341 e. The molecule has 0 bridgehead atoms. The lowest BCUT2D eigenvalue weighted by Gasteiger charge is -2.29. The highest BCUT2D eigenvalue weighted by Crippen LogP contribution is 2.42. The first-order valence-corrected chi connectivity index (χ1v) is 13.6. The molecule has 2 aromatic rings. The number of anilines is 1. The van der Waals surface area contributed by atoms with Crippen LogP contribution in [0.1, 0.15) is 61.2 Å². The van der Waals surface area contributed by atoms with Crippen LogP contribution >= 0.6 is 0 Å². The van der Waals surface area contributed by atoms with Gasteiger partial charge < -0.3 is 33.9 Å². The number of ketones is 1. The van der Waals surface area contributed by atoms with E-state index in [-0.39, 0.29) is 47.9 Å². The third-order valence-electron chi connectivity index (χ3n) is 7.37. The largest absolute Gasteiger partial charge is 0.493 e. The van der Waals surface area contributed by atoms with Crippen LogP contribution in [0.3, 0.4) is 0 Å². The second-order valence-electron chi connectivity index (χ2n) is 11.2. The molecular formula is C30H38FN3O7. The summed E-state index contributed by atoms with van der Waals surface area (Å²) in [5.74, 6) is -1.61. The zero-order valence-electron chi connectivity index (χ0n) is 24.4. The minimum atomic E-state index is -1.10. The monoisotopic (exact) mass is 571 g/mol. The molecule has 0 radical (unpaired) electrons. The first-order valence-electron chi connectivity index (χ1n) is 13.6. The van der Waals surface area contributed by atoms with Crippen molar-refractivity contribution in [1.29, 1.82) is 5.41 Å². The minimum Gasteiger partial charge on any atom is -0.493 e. The van der Waals surface area contributed by atoms with Crippen LogP contribution in [0, 0.1) is 11.2 Å². The summed E-state index contributed by atoms with van der Waals surface area (Å²) in [7, 11) is 2.74. The molecule has 1 unspecified atom stereocenters. The molecule has 2 heterocycles. The van der Waals surface area contributed by atoms with Crippen LogP contribution in [0.2, 0.25) is 0 Å². The summed E-state index contributed by atoms with van der Waals surface area (Å²) in [6.07, 6.45) is 0.800. The smallest absolute Gasteiger partial charge is 0.341 e. The Hall–Kier alpha value is -3.86. The molecule has 0 aromatic heterocycles. The molecule has 41 heavy (non-hydrogen) atoms. The van der Waals surface area contributed by atoms with E-state index in [0.717, 1.165) is 6.42 Å². The first kappa shape index (κ1) is 30.1. The Balaban J connectivity index is 1.70. The molecule has 0 amide bonds. The zero-order valence-corrected chi connectivity index (χ0v) is 24.4. The third-order valence-corrected chi connectivity index (χ3v) is 7.37. The average Bonchev–Trinajstić information content (AvgIpc) is 3.50. The molecule has 4 rings (SSSR count). The van der Waals surface area contributed by atoms with E-state index < -0.39 is 23.8 Å². The number of carbonyl (C=O) groups is 2. The van der Waals surface area contributed by atoms with Gasteiger partial charge in [-0.3, -0.25) is 10.2 Å². The van der Waals surface area contributed by atoms with Crippen LogP contribution in [0.4, 0.5) is 10.1 Å². The van der Waals surface area contributed by atoms with Gasteiger partial charge in [0.05, 0.1) is 38.1 Å². The number of carboxylic acid groups (broad SMARTS) is 1. The molecule has 2 aliphatic rings. The number of benzene rings is 2. The standard InChI is InChI=1S/C30H38FN3O7/c1-7-40-19-8-9-33(14-19)21-11-17(10-20(30(2,3)4)27(21)41-16-24(36)37)22(35)15-34-13-18-12-23(38-5)28(39-6)26(31)25(18)29(34)32/h10-12,19,32H,7-9,13-16H2,1-6H3,(H,36,37). The molecule has 2 N–H and O–H groups in total. The summed E-state index contributed by atoms with van der Waals surface area (Å²) in [6, 6.07) is 5.09. The average molecular weight is 572 g/mol. The highest BCUT2D eigenvalue weighted by molar-refractivity contribution is 6.06. The molecule has 0 saturated carbocycles. The number of rotatable bonds is 11.